The maximum atomic E-state index is 12.8. The smallest absolute Gasteiger partial charge is 0.241 e. The van der Waals surface area contributed by atoms with Gasteiger partial charge in [0.2, 0.25) is 11.8 Å². The van der Waals surface area contributed by atoms with Gasteiger partial charge in [0, 0.05) is 52.1 Å². The van der Waals surface area contributed by atoms with Crippen molar-refractivity contribution in [3.05, 3.63) is 29.8 Å². The Morgan fingerprint density at radius 2 is 1.85 bits per heavy atom. The van der Waals surface area contributed by atoms with Crippen molar-refractivity contribution in [3.63, 3.8) is 0 Å². The Hall–Kier alpha value is -1.96. The zero-order valence-corrected chi connectivity index (χ0v) is 16.2. The lowest BCUT2D eigenvalue weighted by molar-refractivity contribution is -0.132. The fourth-order valence-electron chi connectivity index (χ4n) is 3.71. The molecule has 0 aromatic heterocycles. The first-order valence-corrected chi connectivity index (χ1v) is 9.77. The Bertz CT molecular complexity index is 644. The van der Waals surface area contributed by atoms with Crippen molar-refractivity contribution in [3.8, 4) is 0 Å². The Kier molecular flexibility index (Phi) is 7.20. The highest BCUT2D eigenvalue weighted by Gasteiger charge is 2.26. The predicted molar refractivity (Wildman–Crippen MR) is 105 cm³/mol. The number of nitrogens with zero attached hydrogens (tertiary/aromatic N) is 3. The molecule has 1 saturated heterocycles. The van der Waals surface area contributed by atoms with Gasteiger partial charge in [-0.25, -0.2) is 0 Å². The number of rotatable bonds is 7. The Morgan fingerprint density at radius 3 is 2.63 bits per heavy atom. The molecule has 2 aliphatic rings. The molecule has 0 radical (unpaired) electrons. The second-order valence-corrected chi connectivity index (χ2v) is 7.10. The van der Waals surface area contributed by atoms with E-state index in [4.69, 9.17) is 4.74 Å². The first-order chi connectivity index (χ1) is 13.2. The second-order valence-electron chi connectivity index (χ2n) is 7.10. The Labute approximate surface area is 161 Å². The molecule has 1 aromatic rings. The predicted octanol–water partition coefficient (Wildman–Crippen LogP) is 0.346. The van der Waals surface area contributed by atoms with Gasteiger partial charge in [-0.1, -0.05) is 18.2 Å². The van der Waals surface area contributed by atoms with Crippen LogP contribution < -0.4 is 10.2 Å². The molecule has 7 heteroatoms. The standard InChI is InChI=1S/C20H30N4O3/c1-27-14-8-21-15-19(25)23-12-10-22(11-13-23)16-20(26)24-9-4-6-17-5-2-3-7-18(17)24/h2-3,5,7,21H,4,6,8-16H2,1H3. The SMILES string of the molecule is COCCNCC(=O)N1CCN(CC(=O)N2CCCc3ccccc32)CC1. The van der Waals surface area contributed by atoms with Gasteiger partial charge in [-0.2, -0.15) is 0 Å². The number of anilines is 1. The number of carbonyl (C=O) groups is 2. The van der Waals surface area contributed by atoms with Crippen molar-refractivity contribution >= 4 is 17.5 Å². The van der Waals surface area contributed by atoms with E-state index in [9.17, 15) is 9.59 Å². The van der Waals surface area contributed by atoms with Gasteiger partial charge in [-0.15, -0.1) is 0 Å². The van der Waals surface area contributed by atoms with E-state index in [0.29, 0.717) is 39.3 Å². The summed E-state index contributed by atoms with van der Waals surface area (Å²) in [5.74, 6) is 0.269. The lowest BCUT2D eigenvalue weighted by atomic mass is 10.0. The fraction of sp³-hybridized carbons (Fsp3) is 0.600. The molecule has 0 bridgehead atoms. The number of carbonyl (C=O) groups excluding carboxylic acids is 2. The van der Waals surface area contributed by atoms with Gasteiger partial charge < -0.3 is 19.9 Å². The number of benzene rings is 1. The zero-order chi connectivity index (χ0) is 19.1. The van der Waals surface area contributed by atoms with E-state index < -0.39 is 0 Å². The lowest BCUT2D eigenvalue weighted by Crippen LogP contribution is -2.53. The molecule has 1 N–H and O–H groups in total. The molecule has 2 heterocycles. The quantitative estimate of drug-likeness (QED) is 0.698. The number of ether oxygens (including phenoxy) is 1. The van der Waals surface area contributed by atoms with Gasteiger partial charge in [0.1, 0.15) is 0 Å². The van der Waals surface area contributed by atoms with Crippen LogP contribution in [0.3, 0.4) is 0 Å². The van der Waals surface area contributed by atoms with Crippen LogP contribution in [0.15, 0.2) is 24.3 Å². The molecule has 0 spiro atoms. The summed E-state index contributed by atoms with van der Waals surface area (Å²) < 4.78 is 4.96. The van der Waals surface area contributed by atoms with Gasteiger partial charge in [0.15, 0.2) is 0 Å². The van der Waals surface area contributed by atoms with Crippen LogP contribution in [-0.4, -0.2) is 87.7 Å². The topological polar surface area (TPSA) is 65.1 Å². The van der Waals surface area contributed by atoms with E-state index in [1.54, 1.807) is 7.11 Å². The highest BCUT2D eigenvalue weighted by atomic mass is 16.5. The Balaban J connectivity index is 1.44. The molecule has 2 aliphatic heterocycles. The average Bonchev–Trinajstić information content (AvgIpc) is 2.71. The van der Waals surface area contributed by atoms with Crippen LogP contribution in [0.25, 0.3) is 0 Å². The molecule has 0 atom stereocenters. The zero-order valence-electron chi connectivity index (χ0n) is 16.2. The van der Waals surface area contributed by atoms with E-state index in [1.165, 1.54) is 5.56 Å². The first kappa shape index (κ1) is 19.8. The summed E-state index contributed by atoms with van der Waals surface area (Å²) in [4.78, 5) is 31.0. The molecule has 3 rings (SSSR count). The van der Waals surface area contributed by atoms with Crippen molar-refractivity contribution in [1.29, 1.82) is 0 Å². The number of amides is 2. The van der Waals surface area contributed by atoms with Gasteiger partial charge >= 0.3 is 0 Å². The van der Waals surface area contributed by atoms with Gasteiger partial charge in [-0.3, -0.25) is 14.5 Å². The van der Waals surface area contributed by atoms with E-state index in [2.05, 4.69) is 16.3 Å². The van der Waals surface area contributed by atoms with E-state index in [0.717, 1.165) is 38.2 Å². The number of piperazine rings is 1. The third-order valence-corrected chi connectivity index (χ3v) is 5.25. The summed E-state index contributed by atoms with van der Waals surface area (Å²) in [7, 11) is 1.65. The molecule has 0 aliphatic carbocycles. The fourth-order valence-corrected chi connectivity index (χ4v) is 3.71. The van der Waals surface area contributed by atoms with Gasteiger partial charge in [-0.05, 0) is 24.5 Å². The number of nitrogens with one attached hydrogen (secondary N) is 1. The van der Waals surface area contributed by atoms with Crippen LogP contribution in [0, 0.1) is 0 Å². The molecule has 1 fully saturated rings. The summed E-state index contributed by atoms with van der Waals surface area (Å²) >= 11 is 0. The molecule has 7 nitrogen and oxygen atoms in total. The van der Waals surface area contributed by atoms with Crippen molar-refractivity contribution < 1.29 is 14.3 Å². The second kappa shape index (κ2) is 9.82. The average molecular weight is 374 g/mol. The third-order valence-electron chi connectivity index (χ3n) is 5.25. The van der Waals surface area contributed by atoms with Gasteiger partial charge in [0.25, 0.3) is 0 Å². The van der Waals surface area contributed by atoms with Gasteiger partial charge in [0.05, 0.1) is 19.7 Å². The molecule has 0 unspecified atom stereocenters. The van der Waals surface area contributed by atoms with Crippen LogP contribution in [0.1, 0.15) is 12.0 Å². The summed E-state index contributed by atoms with van der Waals surface area (Å²) in [5.41, 5.74) is 2.32. The monoisotopic (exact) mass is 374 g/mol. The lowest BCUT2D eigenvalue weighted by Gasteiger charge is -2.36. The highest BCUT2D eigenvalue weighted by Crippen LogP contribution is 2.26. The highest BCUT2D eigenvalue weighted by molar-refractivity contribution is 5.96. The normalized spacial score (nSPS) is 17.7. The molecular formula is C20H30N4O3. The summed E-state index contributed by atoms with van der Waals surface area (Å²) in [6.07, 6.45) is 2.06. The molecule has 0 saturated carbocycles. The molecule has 1 aromatic carbocycles. The van der Waals surface area contributed by atoms with Crippen molar-refractivity contribution in [2.75, 3.05) is 71.0 Å². The minimum absolute atomic E-state index is 0.113. The first-order valence-electron chi connectivity index (χ1n) is 9.77. The number of hydrogen-bond acceptors (Lipinski definition) is 5. The number of para-hydroxylation sites is 1. The summed E-state index contributed by atoms with van der Waals surface area (Å²) in [5, 5.41) is 3.09. The van der Waals surface area contributed by atoms with E-state index in [-0.39, 0.29) is 11.8 Å². The maximum Gasteiger partial charge on any atom is 0.241 e. The molecule has 2 amide bonds. The van der Waals surface area contributed by atoms with Crippen LogP contribution >= 0.6 is 0 Å². The largest absolute Gasteiger partial charge is 0.383 e. The van der Waals surface area contributed by atoms with Crippen LogP contribution in [0.2, 0.25) is 0 Å². The summed E-state index contributed by atoms with van der Waals surface area (Å²) in [6.45, 7) is 5.66. The summed E-state index contributed by atoms with van der Waals surface area (Å²) in [6, 6.07) is 8.18. The van der Waals surface area contributed by atoms with E-state index in [1.807, 2.05) is 28.0 Å². The number of fused-ring (bicyclic) bond motifs is 1. The van der Waals surface area contributed by atoms with E-state index >= 15 is 0 Å². The minimum atomic E-state index is 0.113. The number of methoxy groups -OCH3 is 1. The van der Waals surface area contributed by atoms with Crippen LogP contribution in [-0.2, 0) is 20.7 Å². The van der Waals surface area contributed by atoms with Crippen molar-refractivity contribution in [2.24, 2.45) is 0 Å². The van der Waals surface area contributed by atoms with Crippen LogP contribution in [0.4, 0.5) is 5.69 Å². The van der Waals surface area contributed by atoms with Crippen molar-refractivity contribution in [1.82, 2.24) is 15.1 Å². The molecular weight excluding hydrogens is 344 g/mol. The molecule has 148 valence electrons. The Morgan fingerprint density at radius 1 is 1.07 bits per heavy atom. The third kappa shape index (κ3) is 5.28. The van der Waals surface area contributed by atoms with Crippen LogP contribution in [0.5, 0.6) is 0 Å². The van der Waals surface area contributed by atoms with Crippen molar-refractivity contribution in [2.45, 2.75) is 12.8 Å². The maximum absolute atomic E-state index is 12.8. The number of hydrogen-bond donors (Lipinski definition) is 1. The molecule has 27 heavy (non-hydrogen) atoms. The number of aryl methyl sites for hydroxylation is 1. The minimum Gasteiger partial charge on any atom is -0.383 e.